The van der Waals surface area contributed by atoms with E-state index >= 15 is 0 Å². The molecule has 0 aromatic rings. The smallest absolute Gasteiger partial charge is 0.249 e. The summed E-state index contributed by atoms with van der Waals surface area (Å²) in [4.78, 5) is 12.6. The number of unbranched alkanes of at least 4 members (excludes halogenated alkanes) is 37. The second-order valence-electron chi connectivity index (χ2n) is 19.6. The number of aliphatic hydroxyl groups is 4. The molecule has 1 amide bonds. The second-order valence-corrected chi connectivity index (χ2v) is 19.6. The zero-order valence-corrected chi connectivity index (χ0v) is 42.8. The lowest BCUT2D eigenvalue weighted by atomic mass is 10.00. The van der Waals surface area contributed by atoms with E-state index in [9.17, 15) is 25.2 Å². The van der Waals surface area contributed by atoms with Gasteiger partial charge in [-0.15, -0.1) is 0 Å². The lowest BCUT2D eigenvalue weighted by Gasteiger charge is -2.27. The molecule has 0 heterocycles. The van der Waals surface area contributed by atoms with Crippen LogP contribution in [-0.2, 0) is 4.79 Å². The van der Waals surface area contributed by atoms with Crippen LogP contribution in [0.25, 0.3) is 0 Å². The Morgan fingerprint density at radius 1 is 0.375 bits per heavy atom. The van der Waals surface area contributed by atoms with Crippen molar-refractivity contribution in [3.05, 3.63) is 36.5 Å². The Bertz CT molecular complexity index is 1010. The number of carbonyl (C=O) groups is 1. The molecule has 0 aromatic carbocycles. The molecule has 0 saturated heterocycles. The Balaban J connectivity index is 3.54. The molecular weight excluding hydrogens is 791 g/mol. The van der Waals surface area contributed by atoms with Gasteiger partial charge in [-0.3, -0.25) is 4.79 Å². The van der Waals surface area contributed by atoms with Gasteiger partial charge < -0.3 is 25.7 Å². The lowest BCUT2D eigenvalue weighted by Crippen LogP contribution is -2.53. The maximum Gasteiger partial charge on any atom is 0.249 e. The SMILES string of the molecule is CCC/C=C/CC/C=C/CC/C=C/CCCC(O)C(O)C(CO)NC(=O)C(O)CCCCCCCCCCCCCCCCCCCCCCCCCCCCCCCCCCCC. The molecule has 0 rings (SSSR count). The van der Waals surface area contributed by atoms with Crippen molar-refractivity contribution in [2.45, 2.75) is 321 Å². The number of hydrogen-bond donors (Lipinski definition) is 5. The predicted molar refractivity (Wildman–Crippen MR) is 279 cm³/mol. The van der Waals surface area contributed by atoms with Crippen LogP contribution in [0.15, 0.2) is 36.5 Å². The van der Waals surface area contributed by atoms with Crippen molar-refractivity contribution < 1.29 is 25.2 Å². The number of carbonyl (C=O) groups excluding carboxylic acids is 1. The Morgan fingerprint density at radius 3 is 0.984 bits per heavy atom. The second kappa shape index (κ2) is 52.5. The summed E-state index contributed by atoms with van der Waals surface area (Å²) in [7, 11) is 0. The first-order valence-corrected chi connectivity index (χ1v) is 28.4. The van der Waals surface area contributed by atoms with Crippen LogP contribution in [0.3, 0.4) is 0 Å². The fourth-order valence-electron chi connectivity index (χ4n) is 8.86. The highest BCUT2D eigenvalue weighted by Gasteiger charge is 2.28. The molecule has 0 radical (unpaired) electrons. The third-order valence-electron chi connectivity index (χ3n) is 13.3. The van der Waals surface area contributed by atoms with Crippen molar-refractivity contribution in [1.82, 2.24) is 5.32 Å². The summed E-state index contributed by atoms with van der Waals surface area (Å²) in [5.74, 6) is -0.596. The molecule has 378 valence electrons. The zero-order chi connectivity index (χ0) is 46.7. The molecule has 0 aliphatic heterocycles. The molecule has 0 aliphatic carbocycles. The summed E-state index contributed by atoms with van der Waals surface area (Å²) in [6.07, 6.45) is 65.3. The van der Waals surface area contributed by atoms with Crippen LogP contribution in [0.2, 0.25) is 0 Å². The van der Waals surface area contributed by atoms with Crippen molar-refractivity contribution in [2.75, 3.05) is 6.61 Å². The topological polar surface area (TPSA) is 110 Å². The van der Waals surface area contributed by atoms with Crippen LogP contribution in [0, 0.1) is 0 Å². The molecule has 0 spiro atoms. The first-order chi connectivity index (χ1) is 31.5. The van der Waals surface area contributed by atoms with Crippen LogP contribution < -0.4 is 5.32 Å². The summed E-state index contributed by atoms with van der Waals surface area (Å²) >= 11 is 0. The Morgan fingerprint density at radius 2 is 0.672 bits per heavy atom. The summed E-state index contributed by atoms with van der Waals surface area (Å²) < 4.78 is 0. The van der Waals surface area contributed by atoms with Gasteiger partial charge >= 0.3 is 0 Å². The van der Waals surface area contributed by atoms with Gasteiger partial charge in [0.25, 0.3) is 0 Å². The van der Waals surface area contributed by atoms with E-state index in [-0.39, 0.29) is 0 Å². The number of hydrogen-bond acceptors (Lipinski definition) is 5. The fourth-order valence-corrected chi connectivity index (χ4v) is 8.86. The normalized spacial score (nSPS) is 14.0. The van der Waals surface area contributed by atoms with Crippen LogP contribution in [0.5, 0.6) is 0 Å². The van der Waals surface area contributed by atoms with Gasteiger partial charge in [0.15, 0.2) is 0 Å². The van der Waals surface area contributed by atoms with Crippen molar-refractivity contribution in [1.29, 1.82) is 0 Å². The first kappa shape index (κ1) is 62.5. The van der Waals surface area contributed by atoms with Gasteiger partial charge in [0.05, 0.1) is 18.8 Å². The molecule has 0 aliphatic rings. The summed E-state index contributed by atoms with van der Waals surface area (Å²) in [6.45, 7) is 3.99. The highest BCUT2D eigenvalue weighted by Crippen LogP contribution is 2.18. The molecule has 64 heavy (non-hydrogen) atoms. The van der Waals surface area contributed by atoms with E-state index in [4.69, 9.17) is 0 Å². The monoisotopic (exact) mass is 902 g/mol. The molecule has 6 heteroatoms. The minimum atomic E-state index is -1.29. The molecule has 0 bridgehead atoms. The molecule has 5 N–H and O–H groups in total. The third-order valence-corrected chi connectivity index (χ3v) is 13.3. The number of rotatable bonds is 52. The summed E-state index contributed by atoms with van der Waals surface area (Å²) in [5.41, 5.74) is 0. The van der Waals surface area contributed by atoms with Gasteiger partial charge in [0.1, 0.15) is 12.2 Å². The average Bonchev–Trinajstić information content (AvgIpc) is 3.30. The van der Waals surface area contributed by atoms with Crippen LogP contribution >= 0.6 is 0 Å². The van der Waals surface area contributed by atoms with E-state index in [1.165, 1.54) is 205 Å². The van der Waals surface area contributed by atoms with Crippen molar-refractivity contribution in [3.63, 3.8) is 0 Å². The van der Waals surface area contributed by atoms with E-state index in [1.807, 2.05) is 0 Å². The first-order valence-electron chi connectivity index (χ1n) is 28.4. The highest BCUT2D eigenvalue weighted by molar-refractivity contribution is 5.80. The molecule has 0 fully saturated rings. The Hall–Kier alpha value is -1.47. The van der Waals surface area contributed by atoms with Crippen LogP contribution in [0.1, 0.15) is 296 Å². The van der Waals surface area contributed by atoms with E-state index in [1.54, 1.807) is 0 Å². The van der Waals surface area contributed by atoms with E-state index in [0.717, 1.165) is 57.8 Å². The average molecular weight is 903 g/mol. The van der Waals surface area contributed by atoms with Crippen molar-refractivity contribution in [2.24, 2.45) is 0 Å². The van der Waals surface area contributed by atoms with Gasteiger partial charge in [-0.2, -0.15) is 0 Å². The van der Waals surface area contributed by atoms with E-state index in [2.05, 4.69) is 55.6 Å². The third kappa shape index (κ3) is 45.7. The Labute approximate surface area is 398 Å². The van der Waals surface area contributed by atoms with Crippen molar-refractivity contribution >= 4 is 5.91 Å². The molecule has 0 aromatic heterocycles. The number of allylic oxidation sites excluding steroid dienone is 6. The van der Waals surface area contributed by atoms with Crippen LogP contribution in [0.4, 0.5) is 0 Å². The number of nitrogens with one attached hydrogen (secondary N) is 1. The molecule has 4 atom stereocenters. The van der Waals surface area contributed by atoms with Gasteiger partial charge in [0.2, 0.25) is 5.91 Å². The maximum atomic E-state index is 12.6. The quantitative estimate of drug-likeness (QED) is 0.0309. The molecule has 6 nitrogen and oxygen atoms in total. The van der Waals surface area contributed by atoms with Gasteiger partial charge in [-0.1, -0.05) is 275 Å². The van der Waals surface area contributed by atoms with E-state index < -0.39 is 36.9 Å². The number of amides is 1. The van der Waals surface area contributed by atoms with Crippen molar-refractivity contribution in [3.8, 4) is 0 Å². The van der Waals surface area contributed by atoms with Crippen LogP contribution in [-0.4, -0.2) is 57.3 Å². The maximum absolute atomic E-state index is 12.6. The van der Waals surface area contributed by atoms with Gasteiger partial charge in [-0.05, 0) is 57.8 Å². The largest absolute Gasteiger partial charge is 0.394 e. The molecule has 4 unspecified atom stereocenters. The van der Waals surface area contributed by atoms with E-state index in [0.29, 0.717) is 19.3 Å². The minimum absolute atomic E-state index is 0.362. The fraction of sp³-hybridized carbons (Fsp3) is 0.879. The zero-order valence-electron chi connectivity index (χ0n) is 42.8. The lowest BCUT2D eigenvalue weighted by molar-refractivity contribution is -0.132. The standard InChI is InChI=1S/C58H111NO5/c1-3-5-7-9-11-13-15-17-19-20-21-22-23-24-25-26-27-28-29-30-31-32-33-34-35-36-37-38-40-42-44-46-48-50-52-56(62)58(64)59-54(53-60)57(63)55(61)51-49-47-45-43-41-39-18-16-14-12-10-8-6-4-2/h8,10,16,18,43,45,54-57,60-63H,3-7,9,11-15,17,19-42,44,46-53H2,1-2H3,(H,59,64)/b10-8+,18-16+,45-43+. The summed E-state index contributed by atoms with van der Waals surface area (Å²) in [5, 5.41) is 43.8. The minimum Gasteiger partial charge on any atom is -0.394 e. The molecule has 0 saturated carbocycles. The van der Waals surface area contributed by atoms with Gasteiger partial charge in [0, 0.05) is 0 Å². The predicted octanol–water partition coefficient (Wildman–Crippen LogP) is 16.4. The summed E-state index contributed by atoms with van der Waals surface area (Å²) in [6, 6.07) is -1.01. The number of aliphatic hydroxyl groups excluding tert-OH is 4. The van der Waals surface area contributed by atoms with Gasteiger partial charge in [-0.25, -0.2) is 0 Å². The Kier molecular flexibility index (Phi) is 51.3. The highest BCUT2D eigenvalue weighted by atomic mass is 16.3. The molecular formula is C58H111NO5.